The van der Waals surface area contributed by atoms with Gasteiger partial charge < -0.3 is 9.90 Å². The maximum atomic E-state index is 10.8. The topological polar surface area (TPSA) is 71.4 Å². The molecule has 1 radical (unpaired) electrons. The minimum absolute atomic E-state index is 0.250. The second kappa shape index (κ2) is 2.86. The van der Waals surface area contributed by atoms with Gasteiger partial charge in [-0.3, -0.25) is 9.59 Å². The summed E-state index contributed by atoms with van der Waals surface area (Å²) in [6.45, 7) is 0. The van der Waals surface area contributed by atoms with Crippen molar-refractivity contribution in [1.82, 2.24) is 0 Å². The summed E-state index contributed by atoms with van der Waals surface area (Å²) in [4.78, 5) is 31.8. The van der Waals surface area contributed by atoms with E-state index in [0.29, 0.717) is 6.32 Å². The van der Waals surface area contributed by atoms with E-state index >= 15 is 0 Å². The predicted octanol–water partition coefficient (Wildman–Crippen LogP) is -0.691. The lowest BCUT2D eigenvalue weighted by Crippen LogP contribution is -2.37. The molecule has 0 amide bonds. The Bertz CT molecular complexity index is 223. The molecule has 0 saturated carbocycles. The number of carboxylic acids is 1. The van der Waals surface area contributed by atoms with Crippen LogP contribution in [0.3, 0.4) is 0 Å². The van der Waals surface area contributed by atoms with Crippen LogP contribution in [0.2, 0.25) is 6.32 Å². The van der Waals surface area contributed by atoms with Crippen molar-refractivity contribution in [3.05, 3.63) is 0 Å². The molecule has 0 aromatic rings. The first-order valence-electron chi connectivity index (χ1n) is 3.27. The van der Waals surface area contributed by atoms with Gasteiger partial charge >= 0.3 is 5.97 Å². The van der Waals surface area contributed by atoms with Crippen molar-refractivity contribution in [3.8, 4) is 0 Å². The first-order chi connectivity index (χ1) is 5.13. The molecule has 0 aromatic carbocycles. The molecule has 5 heteroatoms. The van der Waals surface area contributed by atoms with Gasteiger partial charge in [0.25, 0.3) is 0 Å². The summed E-state index contributed by atoms with van der Waals surface area (Å²) >= 11 is 0. The number of ketones is 1. The van der Waals surface area contributed by atoms with Gasteiger partial charge in [0.15, 0.2) is 0 Å². The van der Waals surface area contributed by atoms with Crippen LogP contribution >= 0.6 is 0 Å². The maximum absolute atomic E-state index is 10.8. The van der Waals surface area contributed by atoms with Gasteiger partial charge in [-0.1, -0.05) is 6.32 Å². The summed E-state index contributed by atoms with van der Waals surface area (Å²) in [7, 11) is 1.24. The lowest BCUT2D eigenvalue weighted by Gasteiger charge is -2.13. The molecule has 0 aromatic heterocycles. The fourth-order valence-electron chi connectivity index (χ4n) is 1.02. The summed E-state index contributed by atoms with van der Waals surface area (Å²) in [6, 6.07) is 0. The van der Waals surface area contributed by atoms with E-state index in [1.54, 1.807) is 0 Å². The van der Waals surface area contributed by atoms with Gasteiger partial charge in [0.05, 0.1) is 0 Å². The number of carbonyl (C=O) groups is 3. The van der Waals surface area contributed by atoms with E-state index in [9.17, 15) is 14.4 Å². The molecule has 11 heavy (non-hydrogen) atoms. The molecule has 1 atom stereocenters. The molecular weight excluding hydrogens is 147 g/mol. The van der Waals surface area contributed by atoms with Crippen molar-refractivity contribution in [2.24, 2.45) is 5.92 Å². The third-order valence-corrected chi connectivity index (χ3v) is 1.64. The summed E-state index contributed by atoms with van der Waals surface area (Å²) < 4.78 is 0. The maximum Gasteiger partial charge on any atom is 0.314 e. The Labute approximate surface area is 63.8 Å². The average Bonchev–Trinajstić information content (AvgIpc) is 1.94. The van der Waals surface area contributed by atoms with Crippen molar-refractivity contribution in [2.45, 2.75) is 12.7 Å². The summed E-state index contributed by atoms with van der Waals surface area (Å²) in [5.41, 5.74) is -0.663. The molecule has 1 N–H and O–H groups in total. The lowest BCUT2D eigenvalue weighted by atomic mass is 9.59. The molecule has 1 heterocycles. The Balaban J connectivity index is 2.74. The van der Waals surface area contributed by atoms with Crippen molar-refractivity contribution in [3.63, 3.8) is 0 Å². The summed E-state index contributed by atoms with van der Waals surface area (Å²) in [6.07, 6.45) is 0.640. The van der Waals surface area contributed by atoms with Gasteiger partial charge in [0.1, 0.15) is 11.6 Å². The minimum Gasteiger partial charge on any atom is -0.481 e. The predicted molar refractivity (Wildman–Crippen MR) is 36.3 cm³/mol. The standard InChI is InChI=1S/C6H6BO4/c8-4-3(6(10)11)1-2-7-5(4)9/h3H,1-2H2,(H,10,11). The van der Waals surface area contributed by atoms with E-state index in [2.05, 4.69) is 0 Å². The van der Waals surface area contributed by atoms with E-state index in [-0.39, 0.29) is 6.42 Å². The smallest absolute Gasteiger partial charge is 0.314 e. The first kappa shape index (κ1) is 7.98. The van der Waals surface area contributed by atoms with Crippen LogP contribution in [0.1, 0.15) is 6.42 Å². The van der Waals surface area contributed by atoms with Crippen LogP contribution in [0.5, 0.6) is 0 Å². The van der Waals surface area contributed by atoms with Crippen molar-refractivity contribution >= 4 is 24.7 Å². The molecule has 1 saturated heterocycles. The first-order valence-corrected chi connectivity index (χ1v) is 3.27. The Kier molecular flexibility index (Phi) is 2.07. The number of carbonyl (C=O) groups excluding carboxylic acids is 2. The van der Waals surface area contributed by atoms with Crippen molar-refractivity contribution in [1.29, 1.82) is 0 Å². The largest absolute Gasteiger partial charge is 0.481 e. The second-order valence-electron chi connectivity index (χ2n) is 2.40. The molecule has 1 rings (SSSR count). The molecule has 1 unspecified atom stereocenters. The Morgan fingerprint density at radius 2 is 2.18 bits per heavy atom. The number of aliphatic carboxylic acids is 1. The van der Waals surface area contributed by atoms with E-state index in [1.165, 1.54) is 7.28 Å². The molecule has 1 aliphatic heterocycles. The molecule has 0 spiro atoms. The Morgan fingerprint density at radius 1 is 1.55 bits per heavy atom. The molecule has 1 aliphatic rings. The molecule has 4 nitrogen and oxygen atoms in total. The average molecular weight is 153 g/mol. The van der Waals surface area contributed by atoms with Gasteiger partial charge in [0, 0.05) is 0 Å². The molecule has 0 bridgehead atoms. The minimum atomic E-state index is -1.20. The van der Waals surface area contributed by atoms with Crippen LogP contribution in [-0.4, -0.2) is 29.8 Å². The van der Waals surface area contributed by atoms with Crippen LogP contribution in [0.15, 0.2) is 0 Å². The summed E-state index contributed by atoms with van der Waals surface area (Å²) in [5.74, 6) is -3.09. The molecule has 1 fully saturated rings. The molecule has 0 aliphatic carbocycles. The van der Waals surface area contributed by atoms with Crippen LogP contribution in [-0.2, 0) is 14.4 Å². The summed E-state index contributed by atoms with van der Waals surface area (Å²) in [5, 5.41) is 8.44. The van der Waals surface area contributed by atoms with Crippen LogP contribution < -0.4 is 0 Å². The SMILES string of the molecule is O=C1[B]CCC(C(=O)O)C1=O. The molecule has 57 valence electrons. The van der Waals surface area contributed by atoms with E-state index in [1.807, 2.05) is 0 Å². The van der Waals surface area contributed by atoms with Crippen molar-refractivity contribution < 1.29 is 19.5 Å². The Hall–Kier alpha value is -1.13. The zero-order chi connectivity index (χ0) is 8.43. The number of hydrogen-bond acceptors (Lipinski definition) is 3. The highest BCUT2D eigenvalue weighted by molar-refractivity contribution is 6.89. The highest BCUT2D eigenvalue weighted by Gasteiger charge is 2.34. The molecular formula is C6H6BO4. The lowest BCUT2D eigenvalue weighted by molar-refractivity contribution is -0.149. The van der Waals surface area contributed by atoms with Gasteiger partial charge in [-0.2, -0.15) is 0 Å². The van der Waals surface area contributed by atoms with Crippen molar-refractivity contribution in [2.75, 3.05) is 0 Å². The Morgan fingerprint density at radius 3 is 2.64 bits per heavy atom. The number of rotatable bonds is 1. The fourth-order valence-corrected chi connectivity index (χ4v) is 1.02. The van der Waals surface area contributed by atoms with Gasteiger partial charge in [-0.05, 0) is 6.42 Å². The third kappa shape index (κ3) is 1.47. The third-order valence-electron chi connectivity index (χ3n) is 1.64. The highest BCUT2D eigenvalue weighted by atomic mass is 16.4. The zero-order valence-electron chi connectivity index (χ0n) is 5.74. The zero-order valence-corrected chi connectivity index (χ0v) is 5.74. The number of Topliss-reactive ketones (excluding diaryl/α,β-unsaturated/α-hetero) is 1. The van der Waals surface area contributed by atoms with Gasteiger partial charge in [-0.25, -0.2) is 0 Å². The highest BCUT2D eigenvalue weighted by Crippen LogP contribution is 2.14. The van der Waals surface area contributed by atoms with Crippen LogP contribution in [0.25, 0.3) is 0 Å². The van der Waals surface area contributed by atoms with E-state index in [0.717, 1.165) is 0 Å². The normalized spacial score (nSPS) is 24.5. The van der Waals surface area contributed by atoms with E-state index < -0.39 is 23.4 Å². The fraction of sp³-hybridized carbons (Fsp3) is 0.500. The number of hydrogen-bond donors (Lipinski definition) is 1. The van der Waals surface area contributed by atoms with Crippen LogP contribution in [0, 0.1) is 5.92 Å². The van der Waals surface area contributed by atoms with E-state index in [4.69, 9.17) is 5.11 Å². The van der Waals surface area contributed by atoms with Gasteiger partial charge in [-0.15, -0.1) is 0 Å². The second-order valence-corrected chi connectivity index (χ2v) is 2.40. The quantitative estimate of drug-likeness (QED) is 0.307. The monoisotopic (exact) mass is 153 g/mol. The van der Waals surface area contributed by atoms with Crippen LogP contribution in [0.4, 0.5) is 0 Å². The number of carboxylic acid groups (broad SMARTS) is 1. The van der Waals surface area contributed by atoms with Gasteiger partial charge in [0.2, 0.25) is 13.1 Å².